The number of hydrogen-bond donors (Lipinski definition) is 1. The van der Waals surface area contributed by atoms with Crippen molar-refractivity contribution in [3.63, 3.8) is 0 Å². The highest BCUT2D eigenvalue weighted by Crippen LogP contribution is 2.20. The van der Waals surface area contributed by atoms with Crippen molar-refractivity contribution in [3.8, 4) is 0 Å². The third-order valence-corrected chi connectivity index (χ3v) is 3.48. The summed E-state index contributed by atoms with van der Waals surface area (Å²) in [6.07, 6.45) is 8.02. The SMILES string of the molecule is Cc1nn2c(c1C(=O)O)CCCCCCCC2. The van der Waals surface area contributed by atoms with E-state index in [0.717, 1.165) is 31.5 Å². The quantitative estimate of drug-likeness (QED) is 0.815. The van der Waals surface area contributed by atoms with E-state index in [2.05, 4.69) is 5.10 Å². The molecule has 2 rings (SSSR count). The minimum atomic E-state index is -0.833. The van der Waals surface area contributed by atoms with E-state index in [9.17, 15) is 9.90 Å². The standard InChI is InChI=1S/C13H20N2O2/c1-10-12(13(16)17)11-8-6-4-2-3-5-7-9-15(11)14-10/h2-9H2,1H3,(H,16,17). The first-order valence-corrected chi connectivity index (χ1v) is 6.49. The third-order valence-electron chi connectivity index (χ3n) is 3.48. The molecular weight excluding hydrogens is 216 g/mol. The number of carbonyl (C=O) groups is 1. The van der Waals surface area contributed by atoms with Crippen molar-refractivity contribution in [3.05, 3.63) is 17.0 Å². The summed E-state index contributed by atoms with van der Waals surface area (Å²) in [5.41, 5.74) is 2.02. The summed E-state index contributed by atoms with van der Waals surface area (Å²) in [6, 6.07) is 0. The zero-order valence-electron chi connectivity index (χ0n) is 10.4. The van der Waals surface area contributed by atoms with E-state index in [1.54, 1.807) is 6.92 Å². The van der Waals surface area contributed by atoms with Crippen LogP contribution < -0.4 is 0 Å². The van der Waals surface area contributed by atoms with Crippen LogP contribution in [-0.2, 0) is 13.0 Å². The van der Waals surface area contributed by atoms with Gasteiger partial charge in [-0.3, -0.25) is 4.68 Å². The number of aryl methyl sites for hydroxylation is 2. The summed E-state index contributed by atoms with van der Waals surface area (Å²) in [5, 5.41) is 13.6. The van der Waals surface area contributed by atoms with Crippen molar-refractivity contribution in [2.45, 2.75) is 58.4 Å². The molecule has 0 fully saturated rings. The van der Waals surface area contributed by atoms with Crippen molar-refractivity contribution < 1.29 is 9.90 Å². The first-order valence-electron chi connectivity index (χ1n) is 6.49. The van der Waals surface area contributed by atoms with Crippen LogP contribution in [0.25, 0.3) is 0 Å². The van der Waals surface area contributed by atoms with E-state index < -0.39 is 5.97 Å². The Morgan fingerprint density at radius 1 is 1.18 bits per heavy atom. The van der Waals surface area contributed by atoms with Crippen LogP contribution >= 0.6 is 0 Å². The van der Waals surface area contributed by atoms with Crippen LogP contribution in [0.5, 0.6) is 0 Å². The van der Waals surface area contributed by atoms with Crippen LogP contribution in [0.15, 0.2) is 0 Å². The van der Waals surface area contributed by atoms with Crippen molar-refractivity contribution in [2.24, 2.45) is 0 Å². The van der Waals surface area contributed by atoms with E-state index in [-0.39, 0.29) is 0 Å². The van der Waals surface area contributed by atoms with Crippen molar-refractivity contribution >= 4 is 5.97 Å². The molecule has 4 nitrogen and oxygen atoms in total. The topological polar surface area (TPSA) is 55.1 Å². The van der Waals surface area contributed by atoms with E-state index in [4.69, 9.17) is 0 Å². The second-order valence-corrected chi connectivity index (χ2v) is 4.81. The van der Waals surface area contributed by atoms with E-state index >= 15 is 0 Å². The summed E-state index contributed by atoms with van der Waals surface area (Å²) in [4.78, 5) is 11.3. The van der Waals surface area contributed by atoms with Gasteiger partial charge in [0.25, 0.3) is 0 Å². The van der Waals surface area contributed by atoms with Crippen molar-refractivity contribution in [1.82, 2.24) is 9.78 Å². The molecule has 0 saturated heterocycles. The smallest absolute Gasteiger partial charge is 0.339 e. The molecule has 4 heteroatoms. The number of hydrogen-bond acceptors (Lipinski definition) is 2. The zero-order valence-corrected chi connectivity index (χ0v) is 10.4. The van der Waals surface area contributed by atoms with Gasteiger partial charge < -0.3 is 5.11 Å². The van der Waals surface area contributed by atoms with Crippen LogP contribution in [0, 0.1) is 6.92 Å². The number of aromatic nitrogens is 2. The van der Waals surface area contributed by atoms with Gasteiger partial charge in [-0.2, -0.15) is 5.10 Å². The fourth-order valence-corrected chi connectivity index (χ4v) is 2.61. The molecule has 0 unspecified atom stereocenters. The maximum atomic E-state index is 11.3. The van der Waals surface area contributed by atoms with Gasteiger partial charge in [0.1, 0.15) is 5.56 Å². The van der Waals surface area contributed by atoms with Crippen LogP contribution in [0.4, 0.5) is 0 Å². The molecule has 0 bridgehead atoms. The van der Waals surface area contributed by atoms with Crippen LogP contribution in [0.3, 0.4) is 0 Å². The maximum absolute atomic E-state index is 11.3. The lowest BCUT2D eigenvalue weighted by Crippen LogP contribution is -2.09. The summed E-state index contributed by atoms with van der Waals surface area (Å²) in [5.74, 6) is -0.833. The number of carboxylic acids is 1. The van der Waals surface area contributed by atoms with Crippen LogP contribution in [0.2, 0.25) is 0 Å². The van der Waals surface area contributed by atoms with Crippen molar-refractivity contribution in [2.75, 3.05) is 0 Å². The molecule has 0 atom stereocenters. The van der Waals surface area contributed by atoms with Crippen molar-refractivity contribution in [1.29, 1.82) is 0 Å². The monoisotopic (exact) mass is 236 g/mol. The fraction of sp³-hybridized carbons (Fsp3) is 0.692. The zero-order chi connectivity index (χ0) is 12.3. The lowest BCUT2D eigenvalue weighted by atomic mass is 10.0. The lowest BCUT2D eigenvalue weighted by Gasteiger charge is -2.11. The highest BCUT2D eigenvalue weighted by Gasteiger charge is 2.20. The molecule has 1 aliphatic rings. The highest BCUT2D eigenvalue weighted by molar-refractivity contribution is 5.90. The molecule has 17 heavy (non-hydrogen) atoms. The van der Waals surface area contributed by atoms with E-state index in [1.165, 1.54) is 25.7 Å². The van der Waals surface area contributed by atoms with E-state index in [1.807, 2.05) is 4.68 Å². The molecule has 1 aliphatic heterocycles. The molecule has 0 aliphatic carbocycles. The molecule has 0 aromatic carbocycles. The summed E-state index contributed by atoms with van der Waals surface area (Å²) >= 11 is 0. The van der Waals surface area contributed by atoms with Gasteiger partial charge in [0.15, 0.2) is 0 Å². The van der Waals surface area contributed by atoms with E-state index in [0.29, 0.717) is 11.3 Å². The van der Waals surface area contributed by atoms with Gasteiger partial charge in [-0.15, -0.1) is 0 Å². The lowest BCUT2D eigenvalue weighted by molar-refractivity contribution is 0.0694. The Kier molecular flexibility index (Phi) is 3.82. The largest absolute Gasteiger partial charge is 0.478 e. The van der Waals surface area contributed by atoms with Crippen LogP contribution in [0.1, 0.15) is 60.3 Å². The summed E-state index contributed by atoms with van der Waals surface area (Å²) in [7, 11) is 0. The summed E-state index contributed by atoms with van der Waals surface area (Å²) < 4.78 is 1.92. The molecule has 2 heterocycles. The summed E-state index contributed by atoms with van der Waals surface area (Å²) in [6.45, 7) is 2.66. The Hall–Kier alpha value is -1.32. The molecule has 1 aromatic heterocycles. The number of rotatable bonds is 1. The fourth-order valence-electron chi connectivity index (χ4n) is 2.61. The highest BCUT2D eigenvalue weighted by atomic mass is 16.4. The maximum Gasteiger partial charge on any atom is 0.339 e. The Morgan fingerprint density at radius 3 is 2.53 bits per heavy atom. The predicted molar refractivity (Wildman–Crippen MR) is 65.3 cm³/mol. The molecule has 0 amide bonds. The minimum Gasteiger partial charge on any atom is -0.478 e. The Bertz CT molecular complexity index is 410. The Morgan fingerprint density at radius 2 is 1.82 bits per heavy atom. The van der Waals surface area contributed by atoms with Crippen LogP contribution in [-0.4, -0.2) is 20.9 Å². The molecule has 0 saturated carbocycles. The molecule has 94 valence electrons. The number of nitrogens with zero attached hydrogens (tertiary/aromatic N) is 2. The van der Waals surface area contributed by atoms with Gasteiger partial charge in [0, 0.05) is 6.54 Å². The molecule has 1 aromatic rings. The first kappa shape index (κ1) is 12.1. The number of carboxylic acid groups (broad SMARTS) is 1. The normalized spacial score (nSPS) is 17.5. The first-order chi connectivity index (χ1) is 8.20. The van der Waals surface area contributed by atoms with Gasteiger partial charge in [0.2, 0.25) is 0 Å². The van der Waals surface area contributed by atoms with Gasteiger partial charge in [-0.25, -0.2) is 4.79 Å². The van der Waals surface area contributed by atoms with Gasteiger partial charge in [-0.1, -0.05) is 25.7 Å². The van der Waals surface area contributed by atoms with Gasteiger partial charge >= 0.3 is 5.97 Å². The average Bonchev–Trinajstić information content (AvgIpc) is 2.60. The molecule has 0 radical (unpaired) electrons. The minimum absolute atomic E-state index is 0.436. The second-order valence-electron chi connectivity index (χ2n) is 4.81. The number of fused-ring (bicyclic) bond motifs is 1. The van der Waals surface area contributed by atoms with Gasteiger partial charge in [0.05, 0.1) is 11.4 Å². The predicted octanol–water partition coefficient (Wildman–Crippen LogP) is 2.79. The third kappa shape index (κ3) is 2.68. The number of aromatic carboxylic acids is 1. The molecular formula is C13H20N2O2. The average molecular weight is 236 g/mol. The van der Waals surface area contributed by atoms with Gasteiger partial charge in [-0.05, 0) is 26.2 Å². The Labute approximate surface area is 102 Å². The molecule has 1 N–H and O–H groups in total. The second kappa shape index (κ2) is 5.34. The Balaban J connectivity index is 2.31. The molecule has 0 spiro atoms.